The lowest BCUT2D eigenvalue weighted by Crippen LogP contribution is -2.65. The number of fused-ring (bicyclic) bond motifs is 3. The van der Waals surface area contributed by atoms with Crippen LogP contribution in [0.15, 0.2) is 53.3 Å². The van der Waals surface area contributed by atoms with Crippen molar-refractivity contribution < 1.29 is 34.8 Å². The molecule has 0 spiro atoms. The fourth-order valence-corrected chi connectivity index (χ4v) is 6.22. The molecule has 0 aromatic heterocycles. The molecule has 0 radical (unpaired) electrons. The molecule has 0 saturated heterocycles. The Kier molecular flexibility index (Phi) is 6.12. The van der Waals surface area contributed by atoms with Gasteiger partial charge in [-0.05, 0) is 67.7 Å². The van der Waals surface area contributed by atoms with Gasteiger partial charge in [0, 0.05) is 17.2 Å². The van der Waals surface area contributed by atoms with Crippen molar-refractivity contribution in [1.29, 1.82) is 0 Å². The number of nitrogens with zero attached hydrogens (tertiary/aromatic N) is 1. The summed E-state index contributed by atoms with van der Waals surface area (Å²) >= 11 is 0. The first-order chi connectivity index (χ1) is 18.4. The van der Waals surface area contributed by atoms with E-state index < -0.39 is 58.0 Å². The van der Waals surface area contributed by atoms with Crippen LogP contribution in [-0.4, -0.2) is 68.5 Å². The minimum Gasteiger partial charge on any atom is -0.508 e. The summed E-state index contributed by atoms with van der Waals surface area (Å²) in [5.74, 6) is -6.75. The van der Waals surface area contributed by atoms with E-state index >= 15 is 0 Å². The number of Topliss-reactive ketones (excluding diaryl/α,β-unsaturated/α-hetero) is 2. The first-order valence-corrected chi connectivity index (χ1v) is 12.4. The summed E-state index contributed by atoms with van der Waals surface area (Å²) in [7, 11) is 3.12. The molecule has 8 N–H and O–H groups in total. The van der Waals surface area contributed by atoms with Gasteiger partial charge in [-0.15, -0.1) is 0 Å². The summed E-state index contributed by atoms with van der Waals surface area (Å²) in [4.78, 5) is 40.6. The first-order valence-electron chi connectivity index (χ1n) is 12.4. The molecule has 0 bridgehead atoms. The number of anilines is 1. The largest absolute Gasteiger partial charge is 0.508 e. The third-order valence-electron chi connectivity index (χ3n) is 8.03. The molecule has 2 aromatic rings. The highest BCUT2D eigenvalue weighted by Crippen LogP contribution is 2.53. The molecular formula is C29H29N3O7. The predicted octanol–water partition coefficient (Wildman–Crippen LogP) is 1.72. The summed E-state index contributed by atoms with van der Waals surface area (Å²) in [5, 5.41) is 44.6. The lowest BCUT2D eigenvalue weighted by atomic mass is 9.57. The normalized spacial score (nSPS) is 26.6. The van der Waals surface area contributed by atoms with Gasteiger partial charge in [-0.1, -0.05) is 30.4 Å². The van der Waals surface area contributed by atoms with Gasteiger partial charge in [0.05, 0.1) is 11.6 Å². The van der Waals surface area contributed by atoms with E-state index in [-0.39, 0.29) is 29.7 Å². The van der Waals surface area contributed by atoms with Crippen LogP contribution in [-0.2, 0) is 20.8 Å². The lowest BCUT2D eigenvalue weighted by Gasteiger charge is -2.50. The Bertz CT molecular complexity index is 1520. The molecule has 39 heavy (non-hydrogen) atoms. The number of aromatic hydroxyl groups is 1. The van der Waals surface area contributed by atoms with Gasteiger partial charge in [0.1, 0.15) is 22.8 Å². The number of phenolic OH excluding ortho intramolecular Hbond substituents is 1. The standard InChI is InChI=1S/C29H29N3O7/c1-32(2)23-18-12-15-11-17-14(6-3-13-4-8-16(30)9-5-13)7-10-19(33)21(17)24(34)20(15)26(36)29(18,39)27(37)22(25(23)35)28(31)38/h3-10,15,18,23,33-34,37,39H,11-12,30H2,1-2H3,(H2,31,38)/b6-3+/t15-,18-,23-,29-/m1/s1. The number of primary amides is 1. The van der Waals surface area contributed by atoms with Crippen LogP contribution < -0.4 is 11.5 Å². The van der Waals surface area contributed by atoms with Crippen molar-refractivity contribution in [3.05, 3.63) is 75.6 Å². The van der Waals surface area contributed by atoms with E-state index in [4.69, 9.17) is 11.5 Å². The molecule has 5 rings (SSSR count). The maximum Gasteiger partial charge on any atom is 0.255 e. The molecule has 202 valence electrons. The minimum atomic E-state index is -2.66. The number of aliphatic hydroxyl groups excluding tert-OH is 2. The lowest BCUT2D eigenvalue weighted by molar-refractivity contribution is -0.153. The number of rotatable bonds is 4. The number of amides is 1. The second-order valence-electron chi connectivity index (χ2n) is 10.5. The van der Waals surface area contributed by atoms with Crippen LogP contribution in [0, 0.1) is 11.8 Å². The van der Waals surface area contributed by atoms with Gasteiger partial charge in [-0.2, -0.15) is 0 Å². The van der Waals surface area contributed by atoms with Gasteiger partial charge in [-0.25, -0.2) is 0 Å². The molecule has 0 unspecified atom stereocenters. The van der Waals surface area contributed by atoms with Crippen LogP contribution in [0.1, 0.15) is 28.7 Å². The maximum absolute atomic E-state index is 13.9. The Labute approximate surface area is 224 Å². The fourth-order valence-electron chi connectivity index (χ4n) is 6.22. The number of benzene rings is 2. The van der Waals surface area contributed by atoms with E-state index in [1.807, 2.05) is 24.3 Å². The second-order valence-corrected chi connectivity index (χ2v) is 10.5. The highest BCUT2D eigenvalue weighted by molar-refractivity contribution is 6.24. The number of carbonyl (C=O) groups excluding carboxylic acids is 3. The molecule has 2 aromatic carbocycles. The summed E-state index contributed by atoms with van der Waals surface area (Å²) in [6.07, 6.45) is 3.92. The molecule has 4 atom stereocenters. The number of hydrogen-bond acceptors (Lipinski definition) is 9. The first kappa shape index (κ1) is 26.2. The second kappa shape index (κ2) is 9.11. The maximum atomic E-state index is 13.9. The SMILES string of the molecule is CN(C)[C@H]1C(=O)C(C(N)=O)=C(O)[C@]2(O)C(=O)C3=C(O)c4c(O)ccc(/C=C/c5ccc(N)cc5)c4C[C@@H]3C[C@H]12. The van der Waals surface area contributed by atoms with Gasteiger partial charge in [0.15, 0.2) is 11.4 Å². The Balaban J connectivity index is 1.66. The molecule has 1 fully saturated rings. The molecular weight excluding hydrogens is 502 g/mol. The molecule has 3 aliphatic rings. The van der Waals surface area contributed by atoms with E-state index in [0.29, 0.717) is 16.8 Å². The van der Waals surface area contributed by atoms with Gasteiger partial charge >= 0.3 is 0 Å². The Morgan fingerprint density at radius 2 is 1.72 bits per heavy atom. The number of aliphatic hydroxyl groups is 3. The van der Waals surface area contributed by atoms with Crippen LogP contribution in [0.4, 0.5) is 5.69 Å². The number of hydrogen-bond donors (Lipinski definition) is 6. The van der Waals surface area contributed by atoms with Crippen molar-refractivity contribution in [3.63, 3.8) is 0 Å². The zero-order valence-corrected chi connectivity index (χ0v) is 21.4. The summed E-state index contributed by atoms with van der Waals surface area (Å²) in [5.41, 5.74) is 10.3. The van der Waals surface area contributed by atoms with E-state index in [1.54, 1.807) is 32.3 Å². The highest BCUT2D eigenvalue weighted by atomic mass is 16.3. The van der Waals surface area contributed by atoms with Gasteiger partial charge in [-0.3, -0.25) is 19.3 Å². The van der Waals surface area contributed by atoms with Crippen molar-refractivity contribution in [1.82, 2.24) is 4.90 Å². The number of ketones is 2. The van der Waals surface area contributed by atoms with E-state index in [2.05, 4.69) is 0 Å². The predicted molar refractivity (Wildman–Crippen MR) is 144 cm³/mol. The zero-order valence-electron chi connectivity index (χ0n) is 21.4. The minimum absolute atomic E-state index is 0.0303. The summed E-state index contributed by atoms with van der Waals surface area (Å²) in [6, 6.07) is 9.18. The number of phenols is 1. The summed E-state index contributed by atoms with van der Waals surface area (Å²) in [6.45, 7) is 0. The van der Waals surface area contributed by atoms with Gasteiger partial charge < -0.3 is 31.9 Å². The quantitative estimate of drug-likeness (QED) is 0.194. The molecule has 10 nitrogen and oxygen atoms in total. The Morgan fingerprint density at radius 1 is 1.05 bits per heavy atom. The van der Waals surface area contributed by atoms with Crippen molar-refractivity contribution >= 4 is 41.1 Å². The van der Waals surface area contributed by atoms with E-state index in [0.717, 1.165) is 5.56 Å². The molecule has 1 amide bonds. The number of likely N-dealkylation sites (N-methyl/N-ethyl adjacent to an activating group) is 1. The monoisotopic (exact) mass is 531 g/mol. The zero-order chi connectivity index (χ0) is 28.4. The number of carbonyl (C=O) groups is 3. The molecule has 1 saturated carbocycles. The third-order valence-corrected chi connectivity index (χ3v) is 8.03. The summed E-state index contributed by atoms with van der Waals surface area (Å²) < 4.78 is 0. The van der Waals surface area contributed by atoms with Crippen LogP contribution in [0.2, 0.25) is 0 Å². The van der Waals surface area contributed by atoms with Crippen molar-refractivity contribution in [2.75, 3.05) is 19.8 Å². The Morgan fingerprint density at radius 3 is 2.33 bits per heavy atom. The highest BCUT2D eigenvalue weighted by Gasteiger charge is 2.64. The van der Waals surface area contributed by atoms with Crippen LogP contribution in [0.5, 0.6) is 5.75 Å². The van der Waals surface area contributed by atoms with Gasteiger partial charge in [0.2, 0.25) is 5.78 Å². The molecule has 10 heteroatoms. The molecule has 0 heterocycles. The van der Waals surface area contributed by atoms with E-state index in [9.17, 15) is 34.8 Å². The van der Waals surface area contributed by atoms with Crippen molar-refractivity contribution in [2.45, 2.75) is 24.5 Å². The Hall–Kier alpha value is -4.41. The van der Waals surface area contributed by atoms with Crippen LogP contribution in [0.25, 0.3) is 17.9 Å². The van der Waals surface area contributed by atoms with Crippen molar-refractivity contribution in [2.24, 2.45) is 17.6 Å². The van der Waals surface area contributed by atoms with Crippen LogP contribution in [0.3, 0.4) is 0 Å². The average Bonchev–Trinajstić information content (AvgIpc) is 2.86. The smallest absolute Gasteiger partial charge is 0.255 e. The average molecular weight is 532 g/mol. The number of nitrogen functional groups attached to an aromatic ring is 1. The molecule has 3 aliphatic carbocycles. The van der Waals surface area contributed by atoms with E-state index in [1.165, 1.54) is 11.0 Å². The topological polar surface area (TPSA) is 187 Å². The van der Waals surface area contributed by atoms with Crippen LogP contribution >= 0.6 is 0 Å². The molecule has 0 aliphatic heterocycles. The third kappa shape index (κ3) is 3.83. The number of nitrogens with two attached hydrogens (primary N) is 2. The fraction of sp³-hybridized carbons (Fsp3) is 0.276. The van der Waals surface area contributed by atoms with Crippen molar-refractivity contribution in [3.8, 4) is 5.75 Å². The van der Waals surface area contributed by atoms with Gasteiger partial charge in [0.25, 0.3) is 5.91 Å².